The molecular formula is C13H22. The lowest BCUT2D eigenvalue weighted by molar-refractivity contribution is 0.0642. The minimum atomic E-state index is 1.01. The van der Waals surface area contributed by atoms with Crippen molar-refractivity contribution in [3.8, 4) is 0 Å². The highest BCUT2D eigenvalue weighted by atomic mass is 14.6. The summed E-state index contributed by atoms with van der Waals surface area (Å²) in [6.07, 6.45) is 7.84. The van der Waals surface area contributed by atoms with Crippen molar-refractivity contribution in [2.75, 3.05) is 0 Å². The van der Waals surface area contributed by atoms with E-state index in [2.05, 4.69) is 13.8 Å². The Morgan fingerprint density at radius 2 is 1.62 bits per heavy atom. The van der Waals surface area contributed by atoms with E-state index in [0.29, 0.717) is 0 Å². The summed E-state index contributed by atoms with van der Waals surface area (Å²) in [5, 5.41) is 0. The molecule has 0 nitrogen and oxygen atoms in total. The number of fused-ring (bicyclic) bond motifs is 5. The highest BCUT2D eigenvalue weighted by Gasteiger charge is 2.51. The van der Waals surface area contributed by atoms with E-state index in [4.69, 9.17) is 0 Å². The molecule has 0 heterocycles. The third kappa shape index (κ3) is 1.04. The lowest BCUT2D eigenvalue weighted by Gasteiger charge is -2.43. The van der Waals surface area contributed by atoms with Gasteiger partial charge in [-0.15, -0.1) is 0 Å². The van der Waals surface area contributed by atoms with Gasteiger partial charge in [0.15, 0.2) is 0 Å². The Morgan fingerprint density at radius 1 is 0.846 bits per heavy atom. The Hall–Kier alpha value is 0. The molecule has 3 saturated carbocycles. The fraction of sp³-hybridized carbons (Fsp3) is 1.00. The maximum Gasteiger partial charge on any atom is -0.0326 e. The number of hydrogen-bond acceptors (Lipinski definition) is 0. The van der Waals surface area contributed by atoms with Gasteiger partial charge in [0.25, 0.3) is 0 Å². The first-order valence-electron chi connectivity index (χ1n) is 6.27. The van der Waals surface area contributed by atoms with E-state index in [9.17, 15) is 0 Å². The SMILES string of the molecule is CC1CCC2C3CCC(C3)C2C1C. The molecule has 13 heavy (non-hydrogen) atoms. The van der Waals surface area contributed by atoms with Crippen molar-refractivity contribution in [1.82, 2.24) is 0 Å². The predicted molar refractivity (Wildman–Crippen MR) is 55.4 cm³/mol. The number of hydrogen-bond donors (Lipinski definition) is 0. The normalized spacial score (nSPS) is 59.5. The summed E-state index contributed by atoms with van der Waals surface area (Å²) in [6, 6.07) is 0. The first kappa shape index (κ1) is 8.32. The quantitative estimate of drug-likeness (QED) is 0.530. The molecule has 6 unspecified atom stereocenters. The van der Waals surface area contributed by atoms with Gasteiger partial charge in [0.2, 0.25) is 0 Å². The Bertz CT molecular complexity index is 208. The van der Waals surface area contributed by atoms with E-state index in [1.807, 2.05) is 0 Å². The molecule has 0 aromatic rings. The van der Waals surface area contributed by atoms with E-state index in [1.165, 1.54) is 6.42 Å². The fourth-order valence-electron chi connectivity index (χ4n) is 4.80. The van der Waals surface area contributed by atoms with Crippen LogP contribution in [0.4, 0.5) is 0 Å². The highest BCUT2D eigenvalue weighted by molar-refractivity contribution is 5.00. The highest BCUT2D eigenvalue weighted by Crippen LogP contribution is 2.59. The van der Waals surface area contributed by atoms with Gasteiger partial charge in [-0.2, -0.15) is 0 Å². The summed E-state index contributed by atoms with van der Waals surface area (Å²) in [5.74, 6) is 6.65. The van der Waals surface area contributed by atoms with Crippen LogP contribution in [0.5, 0.6) is 0 Å². The maximum atomic E-state index is 2.53. The third-order valence-electron chi connectivity index (χ3n) is 5.62. The zero-order chi connectivity index (χ0) is 9.00. The molecule has 0 aromatic heterocycles. The number of rotatable bonds is 0. The second-order valence-electron chi connectivity index (χ2n) is 5.99. The molecule has 0 amide bonds. The van der Waals surface area contributed by atoms with Gasteiger partial charge >= 0.3 is 0 Å². The Morgan fingerprint density at radius 3 is 2.46 bits per heavy atom. The van der Waals surface area contributed by atoms with Crippen molar-refractivity contribution >= 4 is 0 Å². The average molecular weight is 178 g/mol. The summed E-state index contributed by atoms with van der Waals surface area (Å²) in [5.41, 5.74) is 0. The van der Waals surface area contributed by atoms with Crippen LogP contribution >= 0.6 is 0 Å². The van der Waals surface area contributed by atoms with Gasteiger partial charge in [0.05, 0.1) is 0 Å². The van der Waals surface area contributed by atoms with E-state index >= 15 is 0 Å². The van der Waals surface area contributed by atoms with Gasteiger partial charge in [-0.3, -0.25) is 0 Å². The summed E-state index contributed by atoms with van der Waals surface area (Å²) in [7, 11) is 0. The molecule has 6 atom stereocenters. The average Bonchev–Trinajstić information content (AvgIpc) is 2.70. The molecule has 3 aliphatic carbocycles. The molecule has 0 radical (unpaired) electrons. The minimum Gasteiger partial charge on any atom is -0.0622 e. The van der Waals surface area contributed by atoms with Crippen LogP contribution in [0.3, 0.4) is 0 Å². The smallest absolute Gasteiger partial charge is 0.0326 e. The van der Waals surface area contributed by atoms with E-state index < -0.39 is 0 Å². The van der Waals surface area contributed by atoms with Crippen molar-refractivity contribution < 1.29 is 0 Å². The molecule has 0 heteroatoms. The van der Waals surface area contributed by atoms with E-state index in [1.54, 1.807) is 25.7 Å². The molecular weight excluding hydrogens is 156 g/mol. The van der Waals surface area contributed by atoms with Crippen molar-refractivity contribution in [3.05, 3.63) is 0 Å². The molecule has 0 aromatic carbocycles. The van der Waals surface area contributed by atoms with Gasteiger partial charge in [-0.25, -0.2) is 0 Å². The molecule has 0 saturated heterocycles. The van der Waals surface area contributed by atoms with Crippen LogP contribution in [0.2, 0.25) is 0 Å². The maximum absolute atomic E-state index is 2.53. The summed E-state index contributed by atoms with van der Waals surface area (Å²) in [4.78, 5) is 0. The van der Waals surface area contributed by atoms with Gasteiger partial charge in [-0.1, -0.05) is 20.3 Å². The standard InChI is InChI=1S/C13H22/c1-8-3-6-12-10-4-5-11(7-10)13(12)9(8)2/h8-13H,3-7H2,1-2H3. The summed E-state index contributed by atoms with van der Waals surface area (Å²) < 4.78 is 0. The first-order valence-corrected chi connectivity index (χ1v) is 6.27. The van der Waals surface area contributed by atoms with Gasteiger partial charge in [0, 0.05) is 0 Å². The molecule has 0 N–H and O–H groups in total. The molecule has 3 rings (SSSR count). The molecule has 74 valence electrons. The first-order chi connectivity index (χ1) is 6.27. The Kier molecular flexibility index (Phi) is 1.76. The van der Waals surface area contributed by atoms with Gasteiger partial charge < -0.3 is 0 Å². The van der Waals surface area contributed by atoms with Crippen molar-refractivity contribution in [1.29, 1.82) is 0 Å². The second kappa shape index (κ2) is 2.74. The minimum absolute atomic E-state index is 1.01. The van der Waals surface area contributed by atoms with E-state index in [0.717, 1.165) is 35.5 Å². The predicted octanol–water partition coefficient (Wildman–Crippen LogP) is 3.71. The van der Waals surface area contributed by atoms with E-state index in [-0.39, 0.29) is 0 Å². The third-order valence-corrected chi connectivity index (χ3v) is 5.62. The Labute approximate surface area is 82.1 Å². The van der Waals surface area contributed by atoms with Gasteiger partial charge in [-0.05, 0) is 61.2 Å². The largest absolute Gasteiger partial charge is 0.0622 e. The van der Waals surface area contributed by atoms with Crippen LogP contribution in [0, 0.1) is 35.5 Å². The summed E-state index contributed by atoms with van der Waals surface area (Å²) >= 11 is 0. The van der Waals surface area contributed by atoms with Gasteiger partial charge in [0.1, 0.15) is 0 Å². The lowest BCUT2D eigenvalue weighted by atomic mass is 9.63. The van der Waals surface area contributed by atoms with Crippen molar-refractivity contribution in [2.24, 2.45) is 35.5 Å². The molecule has 3 fully saturated rings. The monoisotopic (exact) mass is 178 g/mol. The molecule has 2 bridgehead atoms. The van der Waals surface area contributed by atoms with Crippen LogP contribution in [0.25, 0.3) is 0 Å². The summed E-state index contributed by atoms with van der Waals surface area (Å²) in [6.45, 7) is 5.01. The molecule has 3 aliphatic rings. The lowest BCUT2D eigenvalue weighted by Crippen LogP contribution is -2.35. The van der Waals surface area contributed by atoms with Crippen LogP contribution in [0.1, 0.15) is 46.0 Å². The Balaban J connectivity index is 1.86. The topological polar surface area (TPSA) is 0 Å². The van der Waals surface area contributed by atoms with Crippen LogP contribution in [-0.4, -0.2) is 0 Å². The fourth-order valence-corrected chi connectivity index (χ4v) is 4.80. The zero-order valence-electron chi connectivity index (χ0n) is 9.00. The molecule has 0 spiro atoms. The van der Waals surface area contributed by atoms with Crippen LogP contribution < -0.4 is 0 Å². The zero-order valence-corrected chi connectivity index (χ0v) is 9.00. The second-order valence-corrected chi connectivity index (χ2v) is 5.99. The van der Waals surface area contributed by atoms with Crippen LogP contribution in [0.15, 0.2) is 0 Å². The van der Waals surface area contributed by atoms with Crippen molar-refractivity contribution in [2.45, 2.75) is 46.0 Å². The van der Waals surface area contributed by atoms with Crippen LogP contribution in [-0.2, 0) is 0 Å². The van der Waals surface area contributed by atoms with Crippen molar-refractivity contribution in [3.63, 3.8) is 0 Å². The molecule has 0 aliphatic heterocycles.